The Labute approximate surface area is 126 Å². The summed E-state index contributed by atoms with van der Waals surface area (Å²) in [6.07, 6.45) is 1.43. The van der Waals surface area contributed by atoms with E-state index in [9.17, 15) is 9.18 Å². The van der Waals surface area contributed by atoms with Gasteiger partial charge in [0, 0.05) is 17.0 Å². The van der Waals surface area contributed by atoms with Crippen LogP contribution in [0, 0.1) is 5.82 Å². The van der Waals surface area contributed by atoms with Gasteiger partial charge in [-0.25, -0.2) is 14.2 Å². The zero-order chi connectivity index (χ0) is 15.5. The van der Waals surface area contributed by atoms with E-state index < -0.39 is 5.97 Å². The Balaban J connectivity index is 2.12. The lowest BCUT2D eigenvalue weighted by Crippen LogP contribution is -2.05. The summed E-state index contributed by atoms with van der Waals surface area (Å²) in [5, 5.41) is 4.37. The molecule has 110 valence electrons. The first-order valence-corrected chi connectivity index (χ1v) is 6.68. The number of para-hydroxylation sites is 1. The van der Waals surface area contributed by atoms with Crippen LogP contribution in [0.15, 0.2) is 54.7 Å². The number of fused-ring (bicyclic) bond motifs is 1. The third kappa shape index (κ3) is 2.48. The Morgan fingerprint density at radius 2 is 1.77 bits per heavy atom. The summed E-state index contributed by atoms with van der Waals surface area (Å²) in [5.41, 5.74) is 0.697. The van der Waals surface area contributed by atoms with Crippen molar-refractivity contribution in [2.45, 2.75) is 0 Å². The van der Waals surface area contributed by atoms with E-state index in [1.54, 1.807) is 24.3 Å². The lowest BCUT2D eigenvalue weighted by atomic mass is 10.1. The lowest BCUT2D eigenvalue weighted by molar-refractivity contribution is 0.0602. The van der Waals surface area contributed by atoms with Crippen LogP contribution in [0.2, 0.25) is 0 Å². The molecule has 5 heteroatoms. The summed E-state index contributed by atoms with van der Waals surface area (Å²) in [6.45, 7) is 0. The molecule has 3 rings (SSSR count). The fraction of sp³-hybridized carbons (Fsp3) is 0.0588. The molecule has 0 radical (unpaired) electrons. The van der Waals surface area contributed by atoms with E-state index in [-0.39, 0.29) is 5.82 Å². The van der Waals surface area contributed by atoms with Gasteiger partial charge in [0.1, 0.15) is 11.6 Å². The number of ether oxygens (including phenoxy) is 1. The minimum Gasteiger partial charge on any atom is -0.465 e. The molecule has 0 saturated carbocycles. The smallest absolute Gasteiger partial charge is 0.340 e. The molecule has 1 heterocycles. The SMILES string of the molecule is COC(=O)c1cnc(Nc2ccccc2F)c2ccccc12. The molecule has 4 nitrogen and oxygen atoms in total. The molecule has 0 atom stereocenters. The summed E-state index contributed by atoms with van der Waals surface area (Å²) in [6, 6.07) is 13.6. The van der Waals surface area contributed by atoms with Crippen molar-refractivity contribution in [2.75, 3.05) is 12.4 Å². The Morgan fingerprint density at radius 3 is 2.50 bits per heavy atom. The Hall–Kier alpha value is -2.95. The van der Waals surface area contributed by atoms with Crippen molar-refractivity contribution in [3.63, 3.8) is 0 Å². The van der Waals surface area contributed by atoms with Gasteiger partial charge in [-0.05, 0) is 12.1 Å². The van der Waals surface area contributed by atoms with Crippen LogP contribution in [0.4, 0.5) is 15.9 Å². The van der Waals surface area contributed by atoms with Gasteiger partial charge in [0.05, 0.1) is 18.4 Å². The van der Waals surface area contributed by atoms with Crippen LogP contribution in [0.25, 0.3) is 10.8 Å². The van der Waals surface area contributed by atoms with Gasteiger partial charge in [0.25, 0.3) is 0 Å². The summed E-state index contributed by atoms with van der Waals surface area (Å²) in [5.74, 6) is -0.347. The Bertz CT molecular complexity index is 849. The highest BCUT2D eigenvalue weighted by atomic mass is 19.1. The van der Waals surface area contributed by atoms with Crippen molar-refractivity contribution >= 4 is 28.2 Å². The maximum Gasteiger partial charge on any atom is 0.340 e. The van der Waals surface area contributed by atoms with Gasteiger partial charge < -0.3 is 10.1 Å². The molecule has 22 heavy (non-hydrogen) atoms. The third-order valence-electron chi connectivity index (χ3n) is 3.33. The number of hydrogen-bond donors (Lipinski definition) is 1. The van der Waals surface area contributed by atoms with Crippen LogP contribution in [0.1, 0.15) is 10.4 Å². The zero-order valence-corrected chi connectivity index (χ0v) is 11.8. The van der Waals surface area contributed by atoms with Gasteiger partial charge in [-0.3, -0.25) is 0 Å². The minimum absolute atomic E-state index is 0.325. The van der Waals surface area contributed by atoms with Gasteiger partial charge in [-0.2, -0.15) is 0 Å². The highest BCUT2D eigenvalue weighted by Crippen LogP contribution is 2.28. The highest BCUT2D eigenvalue weighted by Gasteiger charge is 2.14. The Morgan fingerprint density at radius 1 is 1.09 bits per heavy atom. The van der Waals surface area contributed by atoms with Crippen molar-refractivity contribution in [1.29, 1.82) is 0 Å². The number of anilines is 2. The number of hydrogen-bond acceptors (Lipinski definition) is 4. The quantitative estimate of drug-likeness (QED) is 0.745. The highest BCUT2D eigenvalue weighted by molar-refractivity contribution is 6.07. The van der Waals surface area contributed by atoms with E-state index in [1.807, 2.05) is 18.2 Å². The molecule has 0 aliphatic rings. The largest absolute Gasteiger partial charge is 0.465 e. The fourth-order valence-corrected chi connectivity index (χ4v) is 2.26. The van der Waals surface area contributed by atoms with Crippen molar-refractivity contribution < 1.29 is 13.9 Å². The van der Waals surface area contributed by atoms with Gasteiger partial charge in [-0.15, -0.1) is 0 Å². The second-order valence-electron chi connectivity index (χ2n) is 4.66. The van der Waals surface area contributed by atoms with E-state index >= 15 is 0 Å². The number of nitrogens with zero attached hydrogens (tertiary/aromatic N) is 1. The normalized spacial score (nSPS) is 10.5. The molecule has 0 spiro atoms. The molecular weight excluding hydrogens is 283 g/mol. The van der Waals surface area contributed by atoms with E-state index in [0.29, 0.717) is 27.8 Å². The number of methoxy groups -OCH3 is 1. The molecule has 1 N–H and O–H groups in total. The molecule has 1 aromatic heterocycles. The predicted octanol–water partition coefficient (Wildman–Crippen LogP) is 3.90. The standard InChI is InChI=1S/C17H13FN2O2/c1-22-17(21)13-10-19-16(12-7-3-2-6-11(12)13)20-15-9-5-4-8-14(15)18/h2-10H,1H3,(H,19,20). The van der Waals surface area contributed by atoms with E-state index in [1.165, 1.54) is 19.4 Å². The number of aromatic nitrogens is 1. The molecule has 2 aromatic carbocycles. The summed E-state index contributed by atoms with van der Waals surface area (Å²) >= 11 is 0. The van der Waals surface area contributed by atoms with Crippen LogP contribution < -0.4 is 5.32 Å². The molecule has 0 unspecified atom stereocenters. The minimum atomic E-state index is -0.457. The van der Waals surface area contributed by atoms with Crippen LogP contribution in [-0.2, 0) is 4.74 Å². The molecule has 0 saturated heterocycles. The average molecular weight is 296 g/mol. The average Bonchev–Trinajstić information content (AvgIpc) is 2.56. The van der Waals surface area contributed by atoms with Crippen LogP contribution in [0.5, 0.6) is 0 Å². The number of carbonyl (C=O) groups excluding carboxylic acids is 1. The van der Waals surface area contributed by atoms with Crippen molar-refractivity contribution in [3.05, 3.63) is 66.1 Å². The number of pyridine rings is 1. The van der Waals surface area contributed by atoms with E-state index in [2.05, 4.69) is 10.3 Å². The molecular formula is C17H13FN2O2. The van der Waals surface area contributed by atoms with Crippen LogP contribution in [0.3, 0.4) is 0 Å². The van der Waals surface area contributed by atoms with Crippen molar-refractivity contribution in [3.8, 4) is 0 Å². The van der Waals surface area contributed by atoms with Gasteiger partial charge in [0.2, 0.25) is 0 Å². The summed E-state index contributed by atoms with van der Waals surface area (Å²) < 4.78 is 18.5. The second kappa shape index (κ2) is 5.81. The van der Waals surface area contributed by atoms with E-state index in [4.69, 9.17) is 4.74 Å². The number of carbonyl (C=O) groups is 1. The second-order valence-corrected chi connectivity index (χ2v) is 4.66. The first kappa shape index (κ1) is 14.0. The zero-order valence-electron chi connectivity index (χ0n) is 11.8. The van der Waals surface area contributed by atoms with Gasteiger partial charge in [-0.1, -0.05) is 36.4 Å². The maximum absolute atomic E-state index is 13.8. The summed E-state index contributed by atoms with van der Waals surface area (Å²) in [7, 11) is 1.32. The molecule has 0 bridgehead atoms. The number of benzene rings is 2. The number of esters is 1. The maximum atomic E-state index is 13.8. The first-order chi connectivity index (χ1) is 10.7. The number of halogens is 1. The Kier molecular flexibility index (Phi) is 3.70. The van der Waals surface area contributed by atoms with E-state index in [0.717, 1.165) is 0 Å². The molecule has 0 amide bonds. The molecule has 0 aliphatic carbocycles. The third-order valence-corrected chi connectivity index (χ3v) is 3.33. The van der Waals surface area contributed by atoms with Gasteiger partial charge in [0.15, 0.2) is 0 Å². The topological polar surface area (TPSA) is 51.2 Å². The molecule has 0 fully saturated rings. The van der Waals surface area contributed by atoms with Crippen LogP contribution in [-0.4, -0.2) is 18.1 Å². The van der Waals surface area contributed by atoms with Crippen molar-refractivity contribution in [1.82, 2.24) is 4.98 Å². The number of rotatable bonds is 3. The molecule has 3 aromatic rings. The predicted molar refractivity (Wildman–Crippen MR) is 82.8 cm³/mol. The van der Waals surface area contributed by atoms with Crippen molar-refractivity contribution in [2.24, 2.45) is 0 Å². The van der Waals surface area contributed by atoms with Gasteiger partial charge >= 0.3 is 5.97 Å². The monoisotopic (exact) mass is 296 g/mol. The summed E-state index contributed by atoms with van der Waals surface area (Å²) in [4.78, 5) is 16.0. The molecule has 0 aliphatic heterocycles. The lowest BCUT2D eigenvalue weighted by Gasteiger charge is -2.11. The first-order valence-electron chi connectivity index (χ1n) is 6.68. The number of nitrogens with one attached hydrogen (secondary N) is 1. The van der Waals surface area contributed by atoms with Crippen LogP contribution >= 0.6 is 0 Å². The fourth-order valence-electron chi connectivity index (χ4n) is 2.26.